The number of rotatable bonds is 9. The van der Waals surface area contributed by atoms with Gasteiger partial charge in [-0.15, -0.1) is 0 Å². The first-order valence-electron chi connectivity index (χ1n) is 7.10. The van der Waals surface area contributed by atoms with E-state index in [0.717, 1.165) is 18.6 Å². The maximum absolute atomic E-state index is 13.2. The molecule has 0 radical (unpaired) electrons. The molecule has 0 spiro atoms. The summed E-state index contributed by atoms with van der Waals surface area (Å²) >= 11 is 0. The molecule has 128 valence electrons. The zero-order chi connectivity index (χ0) is 17.5. The molecular formula is C14H20FN3O4S. The van der Waals surface area contributed by atoms with Gasteiger partial charge in [0.1, 0.15) is 11.9 Å². The van der Waals surface area contributed by atoms with Crippen LogP contribution in [0.1, 0.15) is 26.2 Å². The lowest BCUT2D eigenvalue weighted by atomic mass is 10.2. The second-order valence-corrected chi connectivity index (χ2v) is 6.66. The van der Waals surface area contributed by atoms with Crippen molar-refractivity contribution in [3.05, 3.63) is 30.1 Å². The van der Waals surface area contributed by atoms with Crippen LogP contribution in [-0.4, -0.2) is 32.8 Å². The van der Waals surface area contributed by atoms with E-state index < -0.39 is 40.1 Å². The van der Waals surface area contributed by atoms with Crippen molar-refractivity contribution >= 4 is 21.8 Å². The molecule has 1 atom stereocenters. The number of amides is 2. The van der Waals surface area contributed by atoms with Gasteiger partial charge in [-0.2, -0.15) is 4.72 Å². The Labute approximate surface area is 134 Å². The van der Waals surface area contributed by atoms with E-state index in [4.69, 9.17) is 5.73 Å². The van der Waals surface area contributed by atoms with Gasteiger partial charge < -0.3 is 11.1 Å². The van der Waals surface area contributed by atoms with Gasteiger partial charge in [-0.3, -0.25) is 9.59 Å². The van der Waals surface area contributed by atoms with Gasteiger partial charge in [0.15, 0.2) is 0 Å². The largest absolute Gasteiger partial charge is 0.370 e. The van der Waals surface area contributed by atoms with Crippen molar-refractivity contribution < 1.29 is 22.4 Å². The topological polar surface area (TPSA) is 118 Å². The van der Waals surface area contributed by atoms with Crippen LogP contribution in [0.5, 0.6) is 0 Å². The fraction of sp³-hybridized carbons (Fsp3) is 0.429. The monoisotopic (exact) mass is 345 g/mol. The maximum atomic E-state index is 13.2. The molecule has 0 saturated carbocycles. The minimum Gasteiger partial charge on any atom is -0.370 e. The van der Waals surface area contributed by atoms with Crippen molar-refractivity contribution in [3.63, 3.8) is 0 Å². The molecule has 1 rings (SSSR count). The highest BCUT2D eigenvalue weighted by Crippen LogP contribution is 2.11. The van der Waals surface area contributed by atoms with Gasteiger partial charge in [0, 0.05) is 6.54 Å². The summed E-state index contributed by atoms with van der Waals surface area (Å²) in [7, 11) is -4.16. The third kappa shape index (κ3) is 6.33. The Hall–Kier alpha value is -2.00. The van der Waals surface area contributed by atoms with Crippen molar-refractivity contribution in [2.45, 2.75) is 37.1 Å². The van der Waals surface area contributed by atoms with Crippen LogP contribution in [0.4, 0.5) is 4.39 Å². The first-order chi connectivity index (χ1) is 10.8. The first-order valence-corrected chi connectivity index (χ1v) is 8.58. The second-order valence-electron chi connectivity index (χ2n) is 4.95. The predicted octanol–water partition coefficient (Wildman–Crippen LogP) is 0.264. The summed E-state index contributed by atoms with van der Waals surface area (Å²) in [6, 6.07) is 2.98. The quantitative estimate of drug-likeness (QED) is 0.556. The van der Waals surface area contributed by atoms with E-state index in [1.165, 1.54) is 12.1 Å². The molecule has 0 aliphatic rings. The van der Waals surface area contributed by atoms with Gasteiger partial charge in [0.2, 0.25) is 21.8 Å². The molecular weight excluding hydrogens is 325 g/mol. The van der Waals surface area contributed by atoms with Crippen LogP contribution < -0.4 is 15.8 Å². The summed E-state index contributed by atoms with van der Waals surface area (Å²) in [5.41, 5.74) is 5.05. The molecule has 2 amide bonds. The highest BCUT2D eigenvalue weighted by Gasteiger charge is 2.27. The molecule has 0 unspecified atom stereocenters. The van der Waals surface area contributed by atoms with E-state index in [1.807, 2.05) is 6.92 Å². The minimum absolute atomic E-state index is 0.340. The fourth-order valence-electron chi connectivity index (χ4n) is 1.79. The molecule has 7 nitrogen and oxygen atoms in total. The summed E-state index contributed by atoms with van der Waals surface area (Å²) in [5, 5.41) is 2.53. The second kappa shape index (κ2) is 8.59. The van der Waals surface area contributed by atoms with E-state index >= 15 is 0 Å². The van der Waals surface area contributed by atoms with Gasteiger partial charge in [-0.1, -0.05) is 19.4 Å². The van der Waals surface area contributed by atoms with Gasteiger partial charge in [-0.25, -0.2) is 12.8 Å². The van der Waals surface area contributed by atoms with Crippen molar-refractivity contribution in [1.29, 1.82) is 0 Å². The molecule has 0 saturated heterocycles. The molecule has 0 aromatic heterocycles. The molecule has 1 aromatic carbocycles. The molecule has 23 heavy (non-hydrogen) atoms. The summed E-state index contributed by atoms with van der Waals surface area (Å²) in [6.45, 7) is 2.28. The first kappa shape index (κ1) is 19.0. The van der Waals surface area contributed by atoms with Gasteiger partial charge in [0.25, 0.3) is 0 Å². The molecule has 9 heteroatoms. The molecule has 0 bridgehead atoms. The lowest BCUT2D eigenvalue weighted by Gasteiger charge is -2.17. The standard InChI is InChI=1S/C14H20FN3O4S/c1-2-3-7-17-14(20)12(9-13(16)19)18-23(21,22)11-6-4-5-10(15)8-11/h4-6,8,12,18H,2-3,7,9H2,1H3,(H2,16,19)(H,17,20)/t12-/m1/s1. The molecule has 0 aliphatic carbocycles. The summed E-state index contributed by atoms with van der Waals surface area (Å²) in [5.74, 6) is -2.22. The number of unbranched alkanes of at least 4 members (excludes halogenated alkanes) is 1. The van der Waals surface area contributed by atoms with E-state index in [9.17, 15) is 22.4 Å². The van der Waals surface area contributed by atoms with Gasteiger partial charge in [-0.05, 0) is 24.6 Å². The van der Waals surface area contributed by atoms with Crippen molar-refractivity contribution in [1.82, 2.24) is 10.0 Å². The van der Waals surface area contributed by atoms with Crippen LogP contribution >= 0.6 is 0 Å². The van der Waals surface area contributed by atoms with E-state index in [1.54, 1.807) is 0 Å². The predicted molar refractivity (Wildman–Crippen MR) is 82.2 cm³/mol. The number of benzene rings is 1. The van der Waals surface area contributed by atoms with Gasteiger partial charge >= 0.3 is 0 Å². The lowest BCUT2D eigenvalue weighted by Crippen LogP contribution is -2.48. The van der Waals surface area contributed by atoms with Crippen LogP contribution in [0.25, 0.3) is 0 Å². The number of primary amides is 1. The maximum Gasteiger partial charge on any atom is 0.241 e. The summed E-state index contributed by atoms with van der Waals surface area (Å²) < 4.78 is 39.7. The zero-order valence-electron chi connectivity index (χ0n) is 12.7. The average Bonchev–Trinajstić information content (AvgIpc) is 2.46. The number of hydrogen-bond donors (Lipinski definition) is 3. The number of nitrogens with one attached hydrogen (secondary N) is 2. The van der Waals surface area contributed by atoms with Crippen LogP contribution in [-0.2, 0) is 19.6 Å². The zero-order valence-corrected chi connectivity index (χ0v) is 13.5. The Morgan fingerprint density at radius 2 is 2.04 bits per heavy atom. The molecule has 0 aliphatic heterocycles. The lowest BCUT2D eigenvalue weighted by molar-refractivity contribution is -0.126. The molecule has 0 fully saturated rings. The highest BCUT2D eigenvalue weighted by atomic mass is 32.2. The number of carbonyl (C=O) groups is 2. The van der Waals surface area contributed by atoms with Crippen molar-refractivity contribution in [2.24, 2.45) is 5.73 Å². The summed E-state index contributed by atoms with van der Waals surface area (Å²) in [6.07, 6.45) is 1.06. The molecule has 1 aromatic rings. The van der Waals surface area contributed by atoms with Crippen LogP contribution in [0, 0.1) is 5.82 Å². The third-order valence-electron chi connectivity index (χ3n) is 2.96. The normalized spacial score (nSPS) is 12.6. The Kier molecular flexibility index (Phi) is 7.11. The van der Waals surface area contributed by atoms with E-state index in [2.05, 4.69) is 10.0 Å². The smallest absolute Gasteiger partial charge is 0.241 e. The number of hydrogen-bond acceptors (Lipinski definition) is 4. The SMILES string of the molecule is CCCCNC(=O)[C@@H](CC(N)=O)NS(=O)(=O)c1cccc(F)c1. The average molecular weight is 345 g/mol. The Morgan fingerprint density at radius 3 is 2.61 bits per heavy atom. The Bertz CT molecular complexity index is 664. The number of sulfonamides is 1. The third-order valence-corrected chi connectivity index (χ3v) is 4.42. The van der Waals surface area contributed by atoms with Gasteiger partial charge in [0.05, 0.1) is 11.3 Å². The van der Waals surface area contributed by atoms with E-state index in [-0.39, 0.29) is 4.90 Å². The van der Waals surface area contributed by atoms with Crippen LogP contribution in [0.15, 0.2) is 29.2 Å². The van der Waals surface area contributed by atoms with Crippen LogP contribution in [0.3, 0.4) is 0 Å². The number of halogens is 1. The minimum atomic E-state index is -4.16. The fourth-order valence-corrected chi connectivity index (χ4v) is 3.02. The number of carbonyl (C=O) groups excluding carboxylic acids is 2. The highest BCUT2D eigenvalue weighted by molar-refractivity contribution is 7.89. The Balaban J connectivity index is 2.91. The Morgan fingerprint density at radius 1 is 1.35 bits per heavy atom. The van der Waals surface area contributed by atoms with Crippen molar-refractivity contribution in [3.8, 4) is 0 Å². The van der Waals surface area contributed by atoms with Crippen LogP contribution in [0.2, 0.25) is 0 Å². The van der Waals surface area contributed by atoms with Crippen molar-refractivity contribution in [2.75, 3.05) is 6.54 Å². The number of nitrogens with two attached hydrogens (primary N) is 1. The summed E-state index contributed by atoms with van der Waals surface area (Å²) in [4.78, 5) is 22.7. The molecule has 0 heterocycles. The molecule has 4 N–H and O–H groups in total. The van der Waals surface area contributed by atoms with E-state index in [0.29, 0.717) is 13.0 Å².